The molecule has 0 unspecified atom stereocenters. The van der Waals surface area contributed by atoms with Crippen molar-refractivity contribution in [1.82, 2.24) is 0 Å². The summed E-state index contributed by atoms with van der Waals surface area (Å²) in [5.74, 6) is -0.953. The van der Waals surface area contributed by atoms with Gasteiger partial charge in [0.25, 0.3) is 5.91 Å². The van der Waals surface area contributed by atoms with Crippen LogP contribution in [0.25, 0.3) is 0 Å². The largest absolute Gasteiger partial charge is 0.397 e. The lowest BCUT2D eigenvalue weighted by atomic mass is 10.1. The molecule has 19 heavy (non-hydrogen) atoms. The lowest BCUT2D eigenvalue weighted by Gasteiger charge is -2.09. The summed E-state index contributed by atoms with van der Waals surface area (Å²) in [7, 11) is 0. The zero-order chi connectivity index (χ0) is 14.0. The van der Waals surface area contributed by atoms with Gasteiger partial charge in [-0.15, -0.1) is 0 Å². The number of hydrogen-bond donors (Lipinski definition) is 2. The highest BCUT2D eigenvalue weighted by molar-refractivity contribution is 6.31. The number of nitrogen functional groups attached to an aromatic ring is 1. The van der Waals surface area contributed by atoms with E-state index in [4.69, 9.17) is 17.3 Å². The Bertz CT molecular complexity index is 643. The quantitative estimate of drug-likeness (QED) is 0.824. The molecule has 0 aliphatic rings. The number of benzene rings is 2. The highest BCUT2D eigenvalue weighted by Crippen LogP contribution is 2.21. The third-order valence-corrected chi connectivity index (χ3v) is 2.93. The number of carbonyl (C=O) groups is 1. The SMILES string of the molecule is Cc1ccc(NC(=O)c2ccc(F)c(Cl)c2)c(N)c1. The highest BCUT2D eigenvalue weighted by atomic mass is 35.5. The van der Waals surface area contributed by atoms with E-state index in [1.54, 1.807) is 12.1 Å². The van der Waals surface area contributed by atoms with Crippen molar-refractivity contribution in [3.63, 3.8) is 0 Å². The standard InChI is InChI=1S/C14H12ClFN2O/c1-8-2-5-13(12(17)6-8)18-14(19)9-3-4-11(16)10(15)7-9/h2-7H,17H2,1H3,(H,18,19). The van der Waals surface area contributed by atoms with Gasteiger partial charge in [0, 0.05) is 5.56 Å². The lowest BCUT2D eigenvalue weighted by Crippen LogP contribution is -2.13. The predicted octanol–water partition coefficient (Wildman–Crippen LogP) is 3.62. The molecule has 0 heterocycles. The molecule has 0 saturated carbocycles. The number of carbonyl (C=O) groups excluding carboxylic acids is 1. The molecule has 0 fully saturated rings. The number of anilines is 2. The second-order valence-corrected chi connectivity index (χ2v) is 4.58. The Kier molecular flexibility index (Phi) is 3.71. The Morgan fingerprint density at radius 2 is 2.00 bits per heavy atom. The van der Waals surface area contributed by atoms with Gasteiger partial charge in [0.05, 0.1) is 16.4 Å². The Hall–Kier alpha value is -2.07. The number of rotatable bonds is 2. The van der Waals surface area contributed by atoms with Gasteiger partial charge in [-0.3, -0.25) is 4.79 Å². The van der Waals surface area contributed by atoms with E-state index in [0.717, 1.165) is 11.6 Å². The smallest absolute Gasteiger partial charge is 0.255 e. The van der Waals surface area contributed by atoms with Crippen molar-refractivity contribution < 1.29 is 9.18 Å². The van der Waals surface area contributed by atoms with Gasteiger partial charge in [0.2, 0.25) is 0 Å². The first kappa shape index (κ1) is 13.4. The monoisotopic (exact) mass is 278 g/mol. The van der Waals surface area contributed by atoms with Crippen LogP contribution in [-0.2, 0) is 0 Å². The molecule has 0 saturated heterocycles. The minimum atomic E-state index is -0.562. The number of amides is 1. The van der Waals surface area contributed by atoms with E-state index in [1.807, 2.05) is 13.0 Å². The molecule has 0 radical (unpaired) electrons. The third kappa shape index (κ3) is 3.03. The van der Waals surface area contributed by atoms with Crippen molar-refractivity contribution in [2.24, 2.45) is 0 Å². The van der Waals surface area contributed by atoms with Gasteiger partial charge in [-0.25, -0.2) is 4.39 Å². The predicted molar refractivity (Wildman–Crippen MR) is 75.0 cm³/mol. The maximum absolute atomic E-state index is 13.0. The molecule has 2 aromatic carbocycles. The topological polar surface area (TPSA) is 55.1 Å². The number of aryl methyl sites for hydroxylation is 1. The summed E-state index contributed by atoms with van der Waals surface area (Å²) >= 11 is 5.63. The zero-order valence-corrected chi connectivity index (χ0v) is 11.0. The van der Waals surface area contributed by atoms with Crippen molar-refractivity contribution in [1.29, 1.82) is 0 Å². The molecule has 2 aromatic rings. The Balaban J connectivity index is 2.23. The van der Waals surface area contributed by atoms with Crippen LogP contribution in [0.2, 0.25) is 5.02 Å². The molecule has 98 valence electrons. The second kappa shape index (κ2) is 5.28. The van der Waals surface area contributed by atoms with Gasteiger partial charge < -0.3 is 11.1 Å². The van der Waals surface area contributed by atoms with Gasteiger partial charge >= 0.3 is 0 Å². The Morgan fingerprint density at radius 3 is 2.63 bits per heavy atom. The van der Waals surface area contributed by atoms with Crippen molar-refractivity contribution in [2.45, 2.75) is 6.92 Å². The molecule has 0 atom stereocenters. The first-order chi connectivity index (χ1) is 8.97. The van der Waals surface area contributed by atoms with E-state index in [-0.39, 0.29) is 10.6 Å². The van der Waals surface area contributed by atoms with E-state index in [1.165, 1.54) is 12.1 Å². The van der Waals surface area contributed by atoms with E-state index >= 15 is 0 Å². The molecule has 0 bridgehead atoms. The van der Waals surface area contributed by atoms with Crippen LogP contribution in [0, 0.1) is 12.7 Å². The summed E-state index contributed by atoms with van der Waals surface area (Å²) < 4.78 is 13.0. The van der Waals surface area contributed by atoms with Crippen LogP contribution in [0.5, 0.6) is 0 Å². The van der Waals surface area contributed by atoms with E-state index < -0.39 is 11.7 Å². The summed E-state index contributed by atoms with van der Waals surface area (Å²) in [4.78, 5) is 12.0. The van der Waals surface area contributed by atoms with Crippen LogP contribution < -0.4 is 11.1 Å². The van der Waals surface area contributed by atoms with Crippen LogP contribution in [0.15, 0.2) is 36.4 Å². The summed E-state index contributed by atoms with van der Waals surface area (Å²) in [5.41, 5.74) is 8.05. The molecule has 0 aliphatic carbocycles. The lowest BCUT2D eigenvalue weighted by molar-refractivity contribution is 0.102. The molecule has 1 amide bonds. The molecule has 0 aliphatic heterocycles. The summed E-state index contributed by atoms with van der Waals surface area (Å²) in [6.45, 7) is 1.90. The second-order valence-electron chi connectivity index (χ2n) is 4.17. The van der Waals surface area contributed by atoms with Crippen LogP contribution in [0.1, 0.15) is 15.9 Å². The normalized spacial score (nSPS) is 10.3. The van der Waals surface area contributed by atoms with Crippen molar-refractivity contribution in [2.75, 3.05) is 11.1 Å². The van der Waals surface area contributed by atoms with Crippen LogP contribution in [0.3, 0.4) is 0 Å². The average molecular weight is 279 g/mol. The molecular formula is C14H12ClFN2O. The molecule has 5 heteroatoms. The van der Waals surface area contributed by atoms with Crippen molar-refractivity contribution in [3.8, 4) is 0 Å². The summed E-state index contributed by atoms with van der Waals surface area (Å²) in [5, 5.41) is 2.56. The molecule has 0 aromatic heterocycles. The van der Waals surface area contributed by atoms with Gasteiger partial charge in [0.15, 0.2) is 0 Å². The number of hydrogen-bond acceptors (Lipinski definition) is 2. The van der Waals surface area contributed by atoms with Crippen LogP contribution in [-0.4, -0.2) is 5.91 Å². The molecule has 3 nitrogen and oxygen atoms in total. The number of halogens is 2. The van der Waals surface area contributed by atoms with E-state index in [0.29, 0.717) is 11.4 Å². The maximum Gasteiger partial charge on any atom is 0.255 e. The molecule has 0 spiro atoms. The minimum Gasteiger partial charge on any atom is -0.397 e. The number of nitrogens with one attached hydrogen (secondary N) is 1. The first-order valence-corrected chi connectivity index (χ1v) is 5.97. The van der Waals surface area contributed by atoms with Crippen LogP contribution >= 0.6 is 11.6 Å². The maximum atomic E-state index is 13.0. The van der Waals surface area contributed by atoms with Gasteiger partial charge in [-0.05, 0) is 42.8 Å². The fraction of sp³-hybridized carbons (Fsp3) is 0.0714. The Labute approximate surface area is 115 Å². The molecule has 2 rings (SSSR count). The fourth-order valence-corrected chi connectivity index (χ4v) is 1.81. The number of nitrogens with two attached hydrogens (primary N) is 1. The summed E-state index contributed by atoms with van der Waals surface area (Å²) in [6, 6.07) is 9.10. The first-order valence-electron chi connectivity index (χ1n) is 5.60. The highest BCUT2D eigenvalue weighted by Gasteiger charge is 2.10. The third-order valence-electron chi connectivity index (χ3n) is 2.64. The van der Waals surface area contributed by atoms with Crippen molar-refractivity contribution in [3.05, 3.63) is 58.4 Å². The van der Waals surface area contributed by atoms with Crippen molar-refractivity contribution >= 4 is 28.9 Å². The summed E-state index contributed by atoms with van der Waals surface area (Å²) in [6.07, 6.45) is 0. The Morgan fingerprint density at radius 1 is 1.26 bits per heavy atom. The zero-order valence-electron chi connectivity index (χ0n) is 10.2. The van der Waals surface area contributed by atoms with Gasteiger partial charge in [0.1, 0.15) is 5.82 Å². The molecular weight excluding hydrogens is 267 g/mol. The van der Waals surface area contributed by atoms with E-state index in [9.17, 15) is 9.18 Å². The van der Waals surface area contributed by atoms with Gasteiger partial charge in [-0.2, -0.15) is 0 Å². The molecule has 3 N–H and O–H groups in total. The van der Waals surface area contributed by atoms with Crippen LogP contribution in [0.4, 0.5) is 15.8 Å². The minimum absolute atomic E-state index is 0.0930. The van der Waals surface area contributed by atoms with E-state index in [2.05, 4.69) is 5.32 Å². The average Bonchev–Trinajstić information content (AvgIpc) is 2.36. The fourth-order valence-electron chi connectivity index (χ4n) is 1.63. The van der Waals surface area contributed by atoms with Gasteiger partial charge in [-0.1, -0.05) is 17.7 Å².